The lowest BCUT2D eigenvalue weighted by Crippen LogP contribution is -2.39. The topological polar surface area (TPSA) is 41.1 Å². The zero-order valence-corrected chi connectivity index (χ0v) is 13.8. The maximum Gasteiger partial charge on any atom is 0.253 e. The second-order valence-electron chi connectivity index (χ2n) is 4.85. The maximum atomic E-state index is 12.4. The van der Waals surface area contributed by atoms with Crippen molar-refractivity contribution in [2.24, 2.45) is 0 Å². The highest BCUT2D eigenvalue weighted by Crippen LogP contribution is 2.29. The number of carbonyl (C=O) groups excluding carboxylic acids is 1. The quantitative estimate of drug-likeness (QED) is 0.767. The first-order valence-electron chi connectivity index (χ1n) is 7.28. The lowest BCUT2D eigenvalue weighted by atomic mass is 10.0. The van der Waals surface area contributed by atoms with Crippen LogP contribution < -0.4 is 10.6 Å². The normalized spacial score (nSPS) is 11.2. The van der Waals surface area contributed by atoms with Crippen molar-refractivity contribution in [2.75, 3.05) is 24.7 Å². The summed E-state index contributed by atoms with van der Waals surface area (Å²) in [5.41, 5.74) is 1.62. The van der Waals surface area contributed by atoms with Crippen LogP contribution in [-0.4, -0.2) is 30.0 Å². The van der Waals surface area contributed by atoms with E-state index in [1.165, 1.54) is 0 Å². The molecule has 2 N–H and O–H groups in total. The molecule has 0 heterocycles. The third kappa shape index (κ3) is 4.17. The van der Waals surface area contributed by atoms with Gasteiger partial charge in [-0.25, -0.2) is 0 Å². The van der Waals surface area contributed by atoms with Gasteiger partial charge in [0.1, 0.15) is 0 Å². The minimum atomic E-state index is 0.00174. The number of para-hydroxylation sites is 1. The highest BCUT2D eigenvalue weighted by atomic mass is 32.2. The number of rotatable bonds is 8. The summed E-state index contributed by atoms with van der Waals surface area (Å²) in [4.78, 5) is 12.4. The van der Waals surface area contributed by atoms with Crippen LogP contribution in [0.3, 0.4) is 0 Å². The fraction of sp³-hybridized carbons (Fsp3) is 0.562. The molecule has 4 heteroatoms. The molecule has 1 amide bonds. The fourth-order valence-corrected chi connectivity index (χ4v) is 3.02. The molecule has 0 aliphatic carbocycles. The van der Waals surface area contributed by atoms with Gasteiger partial charge in [0.15, 0.2) is 0 Å². The second-order valence-corrected chi connectivity index (χ2v) is 6.13. The van der Waals surface area contributed by atoms with Crippen molar-refractivity contribution in [1.29, 1.82) is 0 Å². The molecule has 3 nitrogen and oxygen atoms in total. The van der Waals surface area contributed by atoms with Gasteiger partial charge in [-0.2, -0.15) is 11.8 Å². The van der Waals surface area contributed by atoms with Crippen molar-refractivity contribution in [1.82, 2.24) is 5.32 Å². The number of nitrogens with one attached hydrogen (secondary N) is 2. The lowest BCUT2D eigenvalue weighted by molar-refractivity contribution is 0.0949. The van der Waals surface area contributed by atoms with Gasteiger partial charge < -0.3 is 10.6 Å². The molecule has 0 saturated carbocycles. The summed E-state index contributed by atoms with van der Waals surface area (Å²) in [6.45, 7) is 7.91. The molecule has 0 atom stereocenters. The Hall–Kier alpha value is -1.16. The molecular formula is C16H26N2OS. The van der Waals surface area contributed by atoms with Crippen LogP contribution >= 0.6 is 11.8 Å². The van der Waals surface area contributed by atoms with E-state index in [1.807, 2.05) is 43.0 Å². The Bertz CT molecular complexity index is 422. The Kier molecular flexibility index (Phi) is 6.93. The first-order chi connectivity index (χ1) is 9.62. The lowest BCUT2D eigenvalue weighted by Gasteiger charge is -2.30. The number of carbonyl (C=O) groups is 1. The van der Waals surface area contributed by atoms with Gasteiger partial charge in [0, 0.05) is 23.5 Å². The summed E-state index contributed by atoms with van der Waals surface area (Å²) in [5.74, 6) is 0.00174. The summed E-state index contributed by atoms with van der Waals surface area (Å²) in [6, 6.07) is 7.65. The molecular weight excluding hydrogens is 268 g/mol. The molecule has 0 fully saturated rings. The zero-order valence-electron chi connectivity index (χ0n) is 13.0. The number of anilines is 1. The Labute approximate surface area is 126 Å². The molecule has 1 aromatic carbocycles. The predicted molar refractivity (Wildman–Crippen MR) is 89.8 cm³/mol. The third-order valence-corrected chi connectivity index (χ3v) is 5.42. The Morgan fingerprint density at radius 2 is 1.85 bits per heavy atom. The summed E-state index contributed by atoms with van der Waals surface area (Å²) in [7, 11) is 0. The van der Waals surface area contributed by atoms with E-state index in [9.17, 15) is 4.79 Å². The first kappa shape index (κ1) is 16.9. The minimum Gasteiger partial charge on any atom is -0.385 e. The van der Waals surface area contributed by atoms with Gasteiger partial charge in [0.05, 0.1) is 5.56 Å². The Balaban J connectivity index is 2.76. The van der Waals surface area contributed by atoms with Crippen LogP contribution in [0.25, 0.3) is 0 Å². The van der Waals surface area contributed by atoms with Gasteiger partial charge in [-0.1, -0.05) is 26.0 Å². The molecule has 0 aromatic heterocycles. The number of benzene rings is 1. The Morgan fingerprint density at radius 3 is 2.40 bits per heavy atom. The molecule has 1 rings (SSSR count). The average Bonchev–Trinajstić information content (AvgIpc) is 2.50. The molecule has 1 aromatic rings. The Morgan fingerprint density at radius 1 is 1.20 bits per heavy atom. The average molecular weight is 294 g/mol. The van der Waals surface area contributed by atoms with Gasteiger partial charge in [-0.05, 0) is 38.2 Å². The minimum absolute atomic E-state index is 0.00174. The van der Waals surface area contributed by atoms with Crippen LogP contribution in [0.2, 0.25) is 0 Å². The van der Waals surface area contributed by atoms with Crippen LogP contribution in [-0.2, 0) is 0 Å². The van der Waals surface area contributed by atoms with Crippen LogP contribution in [0, 0.1) is 0 Å². The predicted octanol–water partition coefficient (Wildman–Crippen LogP) is 3.77. The van der Waals surface area contributed by atoms with Crippen molar-refractivity contribution < 1.29 is 4.79 Å². The summed E-state index contributed by atoms with van der Waals surface area (Å²) in [6.07, 6.45) is 4.23. The van der Waals surface area contributed by atoms with E-state index < -0.39 is 0 Å². The zero-order chi connectivity index (χ0) is 15.0. The smallest absolute Gasteiger partial charge is 0.253 e. The fourth-order valence-electron chi connectivity index (χ4n) is 2.22. The van der Waals surface area contributed by atoms with Crippen LogP contribution in [0.4, 0.5) is 5.69 Å². The monoisotopic (exact) mass is 294 g/mol. The molecule has 112 valence electrons. The van der Waals surface area contributed by atoms with Crippen molar-refractivity contribution in [3.05, 3.63) is 29.8 Å². The van der Waals surface area contributed by atoms with Crippen LogP contribution in [0.5, 0.6) is 0 Å². The van der Waals surface area contributed by atoms with E-state index in [0.717, 1.165) is 30.6 Å². The highest BCUT2D eigenvalue weighted by molar-refractivity contribution is 8.00. The van der Waals surface area contributed by atoms with Crippen molar-refractivity contribution >= 4 is 23.4 Å². The summed E-state index contributed by atoms with van der Waals surface area (Å²) in [5, 5.41) is 6.32. The number of amides is 1. The molecule has 0 saturated heterocycles. The number of thioether (sulfide) groups is 1. The molecule has 0 unspecified atom stereocenters. The van der Waals surface area contributed by atoms with E-state index >= 15 is 0 Å². The molecule has 0 aliphatic heterocycles. The molecule has 0 bridgehead atoms. The number of hydrogen-bond donors (Lipinski definition) is 2. The van der Waals surface area contributed by atoms with Crippen molar-refractivity contribution in [3.63, 3.8) is 0 Å². The van der Waals surface area contributed by atoms with E-state index in [2.05, 4.69) is 30.7 Å². The third-order valence-electron chi connectivity index (χ3n) is 3.83. The second kappa shape index (κ2) is 8.20. The van der Waals surface area contributed by atoms with Crippen molar-refractivity contribution in [3.8, 4) is 0 Å². The van der Waals surface area contributed by atoms with E-state index in [0.29, 0.717) is 6.54 Å². The van der Waals surface area contributed by atoms with Gasteiger partial charge >= 0.3 is 0 Å². The summed E-state index contributed by atoms with van der Waals surface area (Å²) < 4.78 is 0.142. The maximum absolute atomic E-state index is 12.4. The first-order valence-corrected chi connectivity index (χ1v) is 8.51. The standard InChI is InChI=1S/C16H26N2OS/c1-5-16(6-2,20-4)12-18-15(19)13-10-8-9-11-14(13)17-7-3/h8-11,17H,5-7,12H2,1-4H3,(H,18,19). The molecule has 0 radical (unpaired) electrons. The van der Waals surface area contributed by atoms with Crippen LogP contribution in [0.1, 0.15) is 44.0 Å². The largest absolute Gasteiger partial charge is 0.385 e. The van der Waals surface area contributed by atoms with Gasteiger partial charge in [-0.3, -0.25) is 4.79 Å². The van der Waals surface area contributed by atoms with Gasteiger partial charge in [0.25, 0.3) is 5.91 Å². The van der Waals surface area contributed by atoms with E-state index in [4.69, 9.17) is 0 Å². The van der Waals surface area contributed by atoms with Crippen LogP contribution in [0.15, 0.2) is 24.3 Å². The molecule has 0 aliphatic rings. The van der Waals surface area contributed by atoms with Crippen molar-refractivity contribution in [2.45, 2.75) is 38.4 Å². The SMILES string of the molecule is CCNc1ccccc1C(=O)NCC(CC)(CC)SC. The van der Waals surface area contributed by atoms with Gasteiger partial charge in [0.2, 0.25) is 0 Å². The molecule has 0 spiro atoms. The summed E-state index contributed by atoms with van der Waals surface area (Å²) >= 11 is 1.84. The molecule has 20 heavy (non-hydrogen) atoms. The van der Waals surface area contributed by atoms with E-state index in [1.54, 1.807) is 0 Å². The number of hydrogen-bond acceptors (Lipinski definition) is 3. The van der Waals surface area contributed by atoms with E-state index in [-0.39, 0.29) is 10.7 Å². The highest BCUT2D eigenvalue weighted by Gasteiger charge is 2.25. The van der Waals surface area contributed by atoms with Gasteiger partial charge in [-0.15, -0.1) is 0 Å².